The molecular weight excluding hydrogens is 234 g/mol. The SMILES string of the molecule is Cn1c(=O)c(N2CCOC2=O)nc2ccccc21. The van der Waals surface area contributed by atoms with Crippen LogP contribution in [0.1, 0.15) is 0 Å². The summed E-state index contributed by atoms with van der Waals surface area (Å²) in [7, 11) is 1.66. The van der Waals surface area contributed by atoms with Gasteiger partial charge in [-0.3, -0.25) is 9.69 Å². The molecule has 0 aliphatic carbocycles. The van der Waals surface area contributed by atoms with E-state index in [4.69, 9.17) is 4.74 Å². The Morgan fingerprint density at radius 2 is 2.06 bits per heavy atom. The molecule has 0 spiro atoms. The third-order valence-corrected chi connectivity index (χ3v) is 2.98. The number of rotatable bonds is 1. The van der Waals surface area contributed by atoms with Crippen molar-refractivity contribution >= 4 is 22.9 Å². The number of amides is 1. The zero-order valence-corrected chi connectivity index (χ0v) is 9.79. The van der Waals surface area contributed by atoms with Crippen molar-refractivity contribution in [3.8, 4) is 0 Å². The Bertz CT molecular complexity index is 693. The summed E-state index contributed by atoms with van der Waals surface area (Å²) in [5, 5.41) is 0. The fraction of sp³-hybridized carbons (Fsp3) is 0.250. The molecule has 2 heterocycles. The van der Waals surface area contributed by atoms with E-state index >= 15 is 0 Å². The Hall–Kier alpha value is -2.37. The number of hydrogen-bond donors (Lipinski definition) is 0. The smallest absolute Gasteiger partial charge is 0.415 e. The third-order valence-electron chi connectivity index (χ3n) is 2.98. The number of hydrogen-bond acceptors (Lipinski definition) is 4. The molecule has 6 heteroatoms. The second kappa shape index (κ2) is 3.83. The molecule has 0 unspecified atom stereocenters. The highest BCUT2D eigenvalue weighted by molar-refractivity contribution is 5.89. The average molecular weight is 245 g/mol. The first-order valence-corrected chi connectivity index (χ1v) is 5.58. The summed E-state index contributed by atoms with van der Waals surface area (Å²) < 4.78 is 6.32. The molecule has 1 aliphatic rings. The number of nitrogens with zero attached hydrogens (tertiary/aromatic N) is 3. The molecule has 1 amide bonds. The molecule has 18 heavy (non-hydrogen) atoms. The molecule has 0 radical (unpaired) electrons. The summed E-state index contributed by atoms with van der Waals surface area (Å²) in [5.41, 5.74) is 1.11. The topological polar surface area (TPSA) is 64.4 Å². The first-order valence-electron chi connectivity index (χ1n) is 5.58. The first kappa shape index (κ1) is 10.8. The van der Waals surface area contributed by atoms with Crippen molar-refractivity contribution in [3.63, 3.8) is 0 Å². The number of fused-ring (bicyclic) bond motifs is 1. The van der Waals surface area contributed by atoms with Gasteiger partial charge in [0.2, 0.25) is 5.82 Å². The standard InChI is InChI=1S/C12H11N3O3/c1-14-9-5-3-2-4-8(9)13-10(11(14)16)15-6-7-18-12(15)17/h2-5H,6-7H2,1H3. The monoisotopic (exact) mass is 245 g/mol. The van der Waals surface area contributed by atoms with Gasteiger partial charge in [-0.1, -0.05) is 12.1 Å². The lowest BCUT2D eigenvalue weighted by molar-refractivity contribution is 0.181. The molecule has 0 atom stereocenters. The van der Waals surface area contributed by atoms with Crippen molar-refractivity contribution in [1.82, 2.24) is 9.55 Å². The fourth-order valence-corrected chi connectivity index (χ4v) is 2.03. The van der Waals surface area contributed by atoms with Gasteiger partial charge in [0.15, 0.2) is 0 Å². The van der Waals surface area contributed by atoms with Gasteiger partial charge in [-0.2, -0.15) is 0 Å². The number of carbonyl (C=O) groups is 1. The Balaban J connectivity index is 2.27. The van der Waals surface area contributed by atoms with E-state index in [-0.39, 0.29) is 18.0 Å². The highest BCUT2D eigenvalue weighted by Crippen LogP contribution is 2.16. The molecule has 3 rings (SSSR count). The maximum absolute atomic E-state index is 12.2. The van der Waals surface area contributed by atoms with E-state index in [1.165, 1.54) is 9.47 Å². The van der Waals surface area contributed by atoms with E-state index in [9.17, 15) is 9.59 Å². The minimum atomic E-state index is -0.519. The van der Waals surface area contributed by atoms with Crippen LogP contribution in [0.25, 0.3) is 11.0 Å². The lowest BCUT2D eigenvalue weighted by Gasteiger charge is -2.13. The van der Waals surface area contributed by atoms with Crippen LogP contribution < -0.4 is 10.5 Å². The highest BCUT2D eigenvalue weighted by atomic mass is 16.6. The molecule has 92 valence electrons. The van der Waals surface area contributed by atoms with E-state index in [1.807, 2.05) is 18.2 Å². The number of aromatic nitrogens is 2. The van der Waals surface area contributed by atoms with Gasteiger partial charge in [0, 0.05) is 7.05 Å². The van der Waals surface area contributed by atoms with Crippen molar-refractivity contribution in [1.29, 1.82) is 0 Å². The lowest BCUT2D eigenvalue weighted by atomic mass is 10.3. The van der Waals surface area contributed by atoms with Crippen LogP contribution in [0.3, 0.4) is 0 Å². The summed E-state index contributed by atoms with van der Waals surface area (Å²) >= 11 is 0. The molecule has 0 bridgehead atoms. The van der Waals surface area contributed by atoms with E-state index in [2.05, 4.69) is 4.98 Å². The molecule has 1 fully saturated rings. The number of aryl methyl sites for hydroxylation is 1. The van der Waals surface area contributed by atoms with Crippen LogP contribution in [0.2, 0.25) is 0 Å². The van der Waals surface area contributed by atoms with Crippen LogP contribution in [-0.2, 0) is 11.8 Å². The van der Waals surface area contributed by atoms with Gasteiger partial charge in [0.05, 0.1) is 17.6 Å². The number of benzene rings is 1. The second-order valence-corrected chi connectivity index (χ2v) is 4.05. The summed E-state index contributed by atoms with van der Waals surface area (Å²) in [6, 6.07) is 7.30. The van der Waals surface area contributed by atoms with Crippen molar-refractivity contribution in [2.45, 2.75) is 0 Å². The summed E-state index contributed by atoms with van der Waals surface area (Å²) in [6.45, 7) is 0.649. The molecule has 0 saturated carbocycles. The summed E-state index contributed by atoms with van der Waals surface area (Å²) in [4.78, 5) is 29.2. The van der Waals surface area contributed by atoms with Crippen LogP contribution >= 0.6 is 0 Å². The van der Waals surface area contributed by atoms with Gasteiger partial charge < -0.3 is 9.30 Å². The molecule has 1 aliphatic heterocycles. The Morgan fingerprint density at radius 3 is 2.78 bits per heavy atom. The third kappa shape index (κ3) is 1.46. The van der Waals surface area contributed by atoms with E-state index in [0.717, 1.165) is 5.52 Å². The minimum Gasteiger partial charge on any atom is -0.447 e. The second-order valence-electron chi connectivity index (χ2n) is 4.05. The molecular formula is C12H11N3O3. The van der Waals surface area contributed by atoms with Gasteiger partial charge in [0.1, 0.15) is 6.61 Å². The molecule has 1 aromatic heterocycles. The van der Waals surface area contributed by atoms with Crippen LogP contribution in [-0.4, -0.2) is 28.8 Å². The molecule has 6 nitrogen and oxygen atoms in total. The van der Waals surface area contributed by atoms with Crippen LogP contribution in [0.4, 0.5) is 10.6 Å². The van der Waals surface area contributed by atoms with E-state index in [1.54, 1.807) is 13.1 Å². The maximum Gasteiger partial charge on any atom is 0.415 e. The molecule has 0 N–H and O–H groups in total. The lowest BCUT2D eigenvalue weighted by Crippen LogP contribution is -2.33. The number of cyclic esters (lactones) is 1. The highest BCUT2D eigenvalue weighted by Gasteiger charge is 2.27. The predicted molar refractivity (Wildman–Crippen MR) is 65.7 cm³/mol. The summed E-state index contributed by atoms with van der Waals surface area (Å²) in [6.07, 6.45) is -0.519. The number of para-hydroxylation sites is 2. The molecule has 2 aromatic rings. The minimum absolute atomic E-state index is 0.124. The van der Waals surface area contributed by atoms with Gasteiger partial charge in [-0.25, -0.2) is 9.78 Å². The van der Waals surface area contributed by atoms with Crippen LogP contribution in [0, 0.1) is 0 Å². The van der Waals surface area contributed by atoms with Crippen molar-refractivity contribution in [2.75, 3.05) is 18.1 Å². The Morgan fingerprint density at radius 1 is 1.28 bits per heavy atom. The van der Waals surface area contributed by atoms with Gasteiger partial charge in [-0.15, -0.1) is 0 Å². The van der Waals surface area contributed by atoms with Gasteiger partial charge in [0.25, 0.3) is 5.56 Å². The van der Waals surface area contributed by atoms with Crippen molar-refractivity contribution < 1.29 is 9.53 Å². The van der Waals surface area contributed by atoms with Crippen LogP contribution in [0.5, 0.6) is 0 Å². The van der Waals surface area contributed by atoms with Gasteiger partial charge >= 0.3 is 6.09 Å². The normalized spacial score (nSPS) is 15.2. The quantitative estimate of drug-likeness (QED) is 0.748. The zero-order valence-electron chi connectivity index (χ0n) is 9.79. The first-order chi connectivity index (χ1) is 8.68. The Labute approximate surface area is 102 Å². The maximum atomic E-state index is 12.2. The molecule has 1 aromatic carbocycles. The van der Waals surface area contributed by atoms with Crippen LogP contribution in [0.15, 0.2) is 29.1 Å². The van der Waals surface area contributed by atoms with Crippen molar-refractivity contribution in [2.24, 2.45) is 7.05 Å². The largest absolute Gasteiger partial charge is 0.447 e. The van der Waals surface area contributed by atoms with Crippen molar-refractivity contribution in [3.05, 3.63) is 34.6 Å². The van der Waals surface area contributed by atoms with E-state index < -0.39 is 6.09 Å². The number of carbonyl (C=O) groups excluding carboxylic acids is 1. The molecule has 1 saturated heterocycles. The fourth-order valence-electron chi connectivity index (χ4n) is 2.03. The zero-order chi connectivity index (χ0) is 12.7. The number of ether oxygens (including phenoxy) is 1. The van der Waals surface area contributed by atoms with E-state index in [0.29, 0.717) is 12.1 Å². The average Bonchev–Trinajstić information content (AvgIpc) is 2.80. The van der Waals surface area contributed by atoms with Gasteiger partial charge in [-0.05, 0) is 12.1 Å². The Kier molecular flexibility index (Phi) is 2.29. The predicted octanol–water partition coefficient (Wildman–Crippen LogP) is 0.890. The summed E-state index contributed by atoms with van der Waals surface area (Å²) in [5.74, 6) is 0.124. The number of anilines is 1.